The molecule has 12 heavy (non-hydrogen) atoms. The molecule has 0 saturated carbocycles. The van der Waals surface area contributed by atoms with Gasteiger partial charge in [0.15, 0.2) is 0 Å². The molecule has 1 aliphatic heterocycles. The van der Waals surface area contributed by atoms with E-state index in [1.165, 1.54) is 0 Å². The van der Waals surface area contributed by atoms with Gasteiger partial charge in [0.05, 0.1) is 6.10 Å². The van der Waals surface area contributed by atoms with Crippen LogP contribution in [0.3, 0.4) is 0 Å². The van der Waals surface area contributed by atoms with Crippen molar-refractivity contribution in [3.05, 3.63) is 0 Å². The number of nitrogens with zero attached hydrogens (tertiary/aromatic N) is 1. The van der Waals surface area contributed by atoms with E-state index in [1.807, 2.05) is 0 Å². The van der Waals surface area contributed by atoms with Gasteiger partial charge in [-0.25, -0.2) is 0 Å². The van der Waals surface area contributed by atoms with Gasteiger partial charge in [0.1, 0.15) is 0 Å². The lowest BCUT2D eigenvalue weighted by atomic mass is 9.97. The highest BCUT2D eigenvalue weighted by atomic mass is 16.3. The number of nitrogens with two attached hydrogens (primary N) is 1. The molecule has 0 aromatic rings. The minimum Gasteiger partial charge on any atom is -0.390 e. The second-order valence-corrected chi connectivity index (χ2v) is 4.64. The van der Waals surface area contributed by atoms with E-state index in [2.05, 4.69) is 25.7 Å². The van der Waals surface area contributed by atoms with Gasteiger partial charge in [0, 0.05) is 24.7 Å². The molecule has 0 radical (unpaired) electrons. The number of rotatable bonds is 0. The standard InChI is InChI=1S/C9H20N2O/c1-9(2,3)11-5-4-7(10)8(12)6-11/h7-8,12H,4-6,10H2,1-3H3/t7-,8+/m1/s1. The first-order valence-corrected chi connectivity index (χ1v) is 4.60. The van der Waals surface area contributed by atoms with Crippen LogP contribution in [0.4, 0.5) is 0 Å². The zero-order valence-electron chi connectivity index (χ0n) is 8.25. The molecule has 0 aromatic carbocycles. The molecule has 1 rings (SSSR count). The first kappa shape index (κ1) is 9.96. The first-order valence-electron chi connectivity index (χ1n) is 4.60. The molecule has 1 fully saturated rings. The second-order valence-electron chi connectivity index (χ2n) is 4.64. The lowest BCUT2D eigenvalue weighted by Crippen LogP contribution is -2.56. The summed E-state index contributed by atoms with van der Waals surface area (Å²) in [6.45, 7) is 8.20. The van der Waals surface area contributed by atoms with Crippen LogP contribution < -0.4 is 5.73 Å². The van der Waals surface area contributed by atoms with Gasteiger partial charge in [-0.1, -0.05) is 0 Å². The van der Waals surface area contributed by atoms with Crippen molar-refractivity contribution in [3.8, 4) is 0 Å². The summed E-state index contributed by atoms with van der Waals surface area (Å²) < 4.78 is 0. The molecule has 0 aliphatic carbocycles. The summed E-state index contributed by atoms with van der Waals surface area (Å²) in [4.78, 5) is 2.28. The lowest BCUT2D eigenvalue weighted by Gasteiger charge is -2.42. The lowest BCUT2D eigenvalue weighted by molar-refractivity contribution is 0.00994. The van der Waals surface area contributed by atoms with Crippen molar-refractivity contribution in [2.45, 2.75) is 44.9 Å². The van der Waals surface area contributed by atoms with Crippen molar-refractivity contribution >= 4 is 0 Å². The van der Waals surface area contributed by atoms with E-state index in [9.17, 15) is 5.11 Å². The Bertz CT molecular complexity index is 153. The van der Waals surface area contributed by atoms with Crippen LogP contribution in [-0.2, 0) is 0 Å². The Labute approximate surface area is 74.5 Å². The van der Waals surface area contributed by atoms with Crippen LogP contribution >= 0.6 is 0 Å². The zero-order valence-corrected chi connectivity index (χ0v) is 8.25. The highest BCUT2D eigenvalue weighted by Gasteiger charge is 2.30. The monoisotopic (exact) mass is 172 g/mol. The van der Waals surface area contributed by atoms with Crippen molar-refractivity contribution in [3.63, 3.8) is 0 Å². The van der Waals surface area contributed by atoms with Gasteiger partial charge >= 0.3 is 0 Å². The summed E-state index contributed by atoms with van der Waals surface area (Å²) in [6.07, 6.45) is 0.552. The first-order chi connectivity index (χ1) is 5.41. The van der Waals surface area contributed by atoms with Gasteiger partial charge in [-0.05, 0) is 27.2 Å². The van der Waals surface area contributed by atoms with E-state index < -0.39 is 0 Å². The molecule has 3 heteroatoms. The Balaban J connectivity index is 2.51. The molecule has 1 aliphatic rings. The second kappa shape index (κ2) is 3.32. The molecule has 0 aromatic heterocycles. The number of aliphatic hydroxyl groups excluding tert-OH is 1. The fraction of sp³-hybridized carbons (Fsp3) is 1.00. The Kier molecular flexibility index (Phi) is 2.76. The molecule has 3 nitrogen and oxygen atoms in total. The number of β-amino-alcohol motifs (C(OH)–C–C–N with tert-alkyl or cyclic N) is 1. The molecule has 0 spiro atoms. The topological polar surface area (TPSA) is 49.5 Å². The Morgan fingerprint density at radius 3 is 2.42 bits per heavy atom. The molecule has 1 heterocycles. The summed E-state index contributed by atoms with van der Waals surface area (Å²) in [5.74, 6) is 0. The third-order valence-corrected chi connectivity index (χ3v) is 2.58. The average molecular weight is 172 g/mol. The molecule has 1 saturated heterocycles. The smallest absolute Gasteiger partial charge is 0.0818 e. The van der Waals surface area contributed by atoms with E-state index in [0.29, 0.717) is 6.54 Å². The minimum atomic E-state index is -0.349. The number of aliphatic hydroxyl groups is 1. The van der Waals surface area contributed by atoms with E-state index in [4.69, 9.17) is 5.73 Å². The predicted octanol–water partition coefficient (Wildman–Crippen LogP) is 0.179. The van der Waals surface area contributed by atoms with Crippen LogP contribution in [0.25, 0.3) is 0 Å². The summed E-state index contributed by atoms with van der Waals surface area (Å²) >= 11 is 0. The average Bonchev–Trinajstić information content (AvgIpc) is 1.92. The molecule has 0 bridgehead atoms. The van der Waals surface area contributed by atoms with E-state index in [-0.39, 0.29) is 17.7 Å². The van der Waals surface area contributed by atoms with Crippen LogP contribution in [-0.4, -0.2) is 40.8 Å². The summed E-state index contributed by atoms with van der Waals surface area (Å²) in [7, 11) is 0. The number of hydrogen-bond acceptors (Lipinski definition) is 3. The third-order valence-electron chi connectivity index (χ3n) is 2.58. The Morgan fingerprint density at radius 2 is 2.00 bits per heavy atom. The predicted molar refractivity (Wildman–Crippen MR) is 49.9 cm³/mol. The number of hydrogen-bond donors (Lipinski definition) is 2. The van der Waals surface area contributed by atoms with Gasteiger partial charge in [0.2, 0.25) is 0 Å². The van der Waals surface area contributed by atoms with Gasteiger partial charge in [-0.15, -0.1) is 0 Å². The third kappa shape index (κ3) is 2.19. The van der Waals surface area contributed by atoms with Crippen LogP contribution in [0.5, 0.6) is 0 Å². The molecule has 72 valence electrons. The fourth-order valence-corrected chi connectivity index (χ4v) is 1.56. The molecule has 0 unspecified atom stereocenters. The van der Waals surface area contributed by atoms with E-state index >= 15 is 0 Å². The van der Waals surface area contributed by atoms with Gasteiger partial charge in [-0.3, -0.25) is 4.90 Å². The van der Waals surface area contributed by atoms with Gasteiger partial charge in [-0.2, -0.15) is 0 Å². The molecule has 0 amide bonds. The largest absolute Gasteiger partial charge is 0.390 e. The Morgan fingerprint density at radius 1 is 1.42 bits per heavy atom. The number of likely N-dealkylation sites (tertiary alicyclic amines) is 1. The fourth-order valence-electron chi connectivity index (χ4n) is 1.56. The van der Waals surface area contributed by atoms with Gasteiger partial charge in [0.25, 0.3) is 0 Å². The van der Waals surface area contributed by atoms with E-state index in [1.54, 1.807) is 0 Å². The van der Waals surface area contributed by atoms with Crippen molar-refractivity contribution < 1.29 is 5.11 Å². The van der Waals surface area contributed by atoms with Crippen LogP contribution in [0.15, 0.2) is 0 Å². The van der Waals surface area contributed by atoms with Crippen LogP contribution in [0.1, 0.15) is 27.2 Å². The van der Waals surface area contributed by atoms with Gasteiger partial charge < -0.3 is 10.8 Å². The van der Waals surface area contributed by atoms with Crippen molar-refractivity contribution in [2.24, 2.45) is 5.73 Å². The quantitative estimate of drug-likeness (QED) is 0.548. The maximum absolute atomic E-state index is 9.54. The van der Waals surface area contributed by atoms with Crippen molar-refractivity contribution in [2.75, 3.05) is 13.1 Å². The molecule has 3 N–H and O–H groups in total. The molecular formula is C9H20N2O. The van der Waals surface area contributed by atoms with Crippen LogP contribution in [0.2, 0.25) is 0 Å². The van der Waals surface area contributed by atoms with Crippen LogP contribution in [0, 0.1) is 0 Å². The molecular weight excluding hydrogens is 152 g/mol. The highest BCUT2D eigenvalue weighted by molar-refractivity contribution is 4.88. The van der Waals surface area contributed by atoms with E-state index in [0.717, 1.165) is 13.0 Å². The summed E-state index contributed by atoms with van der Waals surface area (Å²) in [5.41, 5.74) is 5.86. The highest BCUT2D eigenvalue weighted by Crippen LogP contribution is 2.19. The summed E-state index contributed by atoms with van der Waals surface area (Å²) in [6, 6.07) is -0.0244. The molecule has 2 atom stereocenters. The maximum atomic E-state index is 9.54. The maximum Gasteiger partial charge on any atom is 0.0818 e. The summed E-state index contributed by atoms with van der Waals surface area (Å²) in [5, 5.41) is 9.54. The SMILES string of the molecule is CC(C)(C)N1CC[C@@H](N)[C@@H](O)C1. The Hall–Kier alpha value is -0.120. The minimum absolute atomic E-state index is 0.0244. The number of piperidine rings is 1. The normalized spacial score (nSPS) is 33.8. The zero-order chi connectivity index (χ0) is 9.35. The van der Waals surface area contributed by atoms with Crippen molar-refractivity contribution in [1.82, 2.24) is 4.90 Å². The van der Waals surface area contributed by atoms with Crippen molar-refractivity contribution in [1.29, 1.82) is 0 Å².